The van der Waals surface area contributed by atoms with Gasteiger partial charge in [-0.2, -0.15) is 0 Å². The molecule has 0 aliphatic carbocycles. The first-order chi connectivity index (χ1) is 5.33. The molecule has 2 nitrogen and oxygen atoms in total. The van der Waals surface area contributed by atoms with Crippen molar-refractivity contribution < 1.29 is 10.2 Å². The van der Waals surface area contributed by atoms with Gasteiger partial charge in [-0.05, 0) is 24.3 Å². The van der Waals surface area contributed by atoms with Gasteiger partial charge in [0, 0.05) is 4.88 Å². The summed E-state index contributed by atoms with van der Waals surface area (Å²) < 4.78 is 0. The van der Waals surface area contributed by atoms with Crippen LogP contribution >= 0.6 is 11.3 Å². The lowest BCUT2D eigenvalue weighted by Crippen LogP contribution is -2.12. The van der Waals surface area contributed by atoms with Crippen molar-refractivity contribution in [3.63, 3.8) is 0 Å². The molecule has 0 fully saturated rings. The third-order valence-electron chi connectivity index (χ3n) is 1.51. The van der Waals surface area contributed by atoms with E-state index in [-0.39, 0.29) is 6.61 Å². The molecule has 11 heavy (non-hydrogen) atoms. The number of rotatable bonds is 4. The lowest BCUT2D eigenvalue weighted by atomic mass is 10.2. The molecule has 0 aliphatic rings. The standard InChI is InChI=1S/C8H12O2S/c9-6-7(10)3-4-8-2-1-5-11-8/h1-2,5,7,9-10H,3-4,6H2. The number of hydrogen-bond acceptors (Lipinski definition) is 3. The van der Waals surface area contributed by atoms with Crippen LogP contribution in [0.4, 0.5) is 0 Å². The molecule has 0 saturated heterocycles. The van der Waals surface area contributed by atoms with Crippen molar-refractivity contribution in [1.82, 2.24) is 0 Å². The van der Waals surface area contributed by atoms with Crippen molar-refractivity contribution in [3.8, 4) is 0 Å². The highest BCUT2D eigenvalue weighted by atomic mass is 32.1. The molecule has 1 atom stereocenters. The van der Waals surface area contributed by atoms with Crippen LogP contribution in [-0.2, 0) is 6.42 Å². The van der Waals surface area contributed by atoms with E-state index in [1.54, 1.807) is 11.3 Å². The fourth-order valence-corrected chi connectivity index (χ4v) is 1.58. The minimum absolute atomic E-state index is 0.134. The van der Waals surface area contributed by atoms with Gasteiger partial charge in [-0.1, -0.05) is 6.07 Å². The Morgan fingerprint density at radius 3 is 2.91 bits per heavy atom. The quantitative estimate of drug-likeness (QED) is 0.712. The zero-order chi connectivity index (χ0) is 8.10. The van der Waals surface area contributed by atoms with Crippen molar-refractivity contribution in [3.05, 3.63) is 22.4 Å². The zero-order valence-corrected chi connectivity index (χ0v) is 7.05. The first-order valence-electron chi connectivity index (χ1n) is 3.64. The Balaban J connectivity index is 2.23. The number of thiophene rings is 1. The van der Waals surface area contributed by atoms with Gasteiger partial charge in [-0.15, -0.1) is 11.3 Å². The average molecular weight is 172 g/mol. The van der Waals surface area contributed by atoms with Crippen LogP contribution in [0.2, 0.25) is 0 Å². The minimum Gasteiger partial charge on any atom is -0.394 e. The molecule has 1 aromatic rings. The van der Waals surface area contributed by atoms with Crippen molar-refractivity contribution in [2.45, 2.75) is 18.9 Å². The number of aliphatic hydroxyl groups excluding tert-OH is 2. The molecule has 1 unspecified atom stereocenters. The maximum absolute atomic E-state index is 9.01. The van der Waals surface area contributed by atoms with Crippen LogP contribution in [0.5, 0.6) is 0 Å². The highest BCUT2D eigenvalue weighted by Gasteiger charge is 2.01. The maximum atomic E-state index is 9.01. The highest BCUT2D eigenvalue weighted by Crippen LogP contribution is 2.11. The van der Waals surface area contributed by atoms with Gasteiger partial charge in [0.05, 0.1) is 12.7 Å². The number of aryl methyl sites for hydroxylation is 1. The third-order valence-corrected chi connectivity index (χ3v) is 2.45. The summed E-state index contributed by atoms with van der Waals surface area (Å²) in [5.74, 6) is 0. The van der Waals surface area contributed by atoms with E-state index in [1.807, 2.05) is 17.5 Å². The van der Waals surface area contributed by atoms with Crippen LogP contribution in [-0.4, -0.2) is 22.9 Å². The summed E-state index contributed by atoms with van der Waals surface area (Å²) >= 11 is 1.68. The van der Waals surface area contributed by atoms with Crippen LogP contribution < -0.4 is 0 Å². The fourth-order valence-electron chi connectivity index (χ4n) is 0.855. The van der Waals surface area contributed by atoms with Crippen molar-refractivity contribution >= 4 is 11.3 Å². The Labute approximate surface area is 70.1 Å². The molecular formula is C8H12O2S. The third kappa shape index (κ3) is 3.01. The van der Waals surface area contributed by atoms with E-state index in [0.29, 0.717) is 6.42 Å². The van der Waals surface area contributed by atoms with Gasteiger partial charge in [0.25, 0.3) is 0 Å². The summed E-state index contributed by atoms with van der Waals surface area (Å²) in [5.41, 5.74) is 0. The van der Waals surface area contributed by atoms with E-state index in [0.717, 1.165) is 6.42 Å². The average Bonchev–Trinajstić information content (AvgIpc) is 2.52. The molecule has 62 valence electrons. The van der Waals surface area contributed by atoms with Gasteiger partial charge >= 0.3 is 0 Å². The number of aliphatic hydroxyl groups is 2. The summed E-state index contributed by atoms with van der Waals surface area (Å²) in [6, 6.07) is 4.03. The highest BCUT2D eigenvalue weighted by molar-refractivity contribution is 7.09. The summed E-state index contributed by atoms with van der Waals surface area (Å²) in [6.45, 7) is -0.134. The van der Waals surface area contributed by atoms with Crippen molar-refractivity contribution in [2.75, 3.05) is 6.61 Å². The van der Waals surface area contributed by atoms with Crippen LogP contribution in [0.25, 0.3) is 0 Å². The van der Waals surface area contributed by atoms with Gasteiger partial charge in [0.1, 0.15) is 0 Å². The Hall–Kier alpha value is -0.380. The largest absolute Gasteiger partial charge is 0.394 e. The summed E-state index contributed by atoms with van der Waals surface area (Å²) in [7, 11) is 0. The van der Waals surface area contributed by atoms with Crippen LogP contribution in [0.3, 0.4) is 0 Å². The molecule has 0 saturated carbocycles. The number of hydrogen-bond donors (Lipinski definition) is 2. The fraction of sp³-hybridized carbons (Fsp3) is 0.500. The molecule has 0 amide bonds. The van der Waals surface area contributed by atoms with E-state index >= 15 is 0 Å². The molecular weight excluding hydrogens is 160 g/mol. The molecule has 0 aromatic carbocycles. The zero-order valence-electron chi connectivity index (χ0n) is 6.23. The van der Waals surface area contributed by atoms with Crippen LogP contribution in [0.15, 0.2) is 17.5 Å². The molecule has 2 N–H and O–H groups in total. The van der Waals surface area contributed by atoms with Gasteiger partial charge in [-0.3, -0.25) is 0 Å². The first kappa shape index (κ1) is 8.71. The topological polar surface area (TPSA) is 40.5 Å². The van der Waals surface area contributed by atoms with Crippen molar-refractivity contribution in [2.24, 2.45) is 0 Å². The Morgan fingerprint density at radius 1 is 1.55 bits per heavy atom. The SMILES string of the molecule is OCC(O)CCc1cccs1. The maximum Gasteiger partial charge on any atom is 0.0774 e. The monoisotopic (exact) mass is 172 g/mol. The minimum atomic E-state index is -0.558. The molecule has 1 aromatic heterocycles. The van der Waals surface area contributed by atoms with Gasteiger partial charge in [0.2, 0.25) is 0 Å². The first-order valence-corrected chi connectivity index (χ1v) is 4.52. The van der Waals surface area contributed by atoms with E-state index in [4.69, 9.17) is 10.2 Å². The van der Waals surface area contributed by atoms with Gasteiger partial charge in [-0.25, -0.2) is 0 Å². The van der Waals surface area contributed by atoms with E-state index < -0.39 is 6.10 Å². The van der Waals surface area contributed by atoms with E-state index in [2.05, 4.69) is 0 Å². The normalized spacial score (nSPS) is 13.3. The Morgan fingerprint density at radius 2 is 2.36 bits per heavy atom. The van der Waals surface area contributed by atoms with Gasteiger partial charge < -0.3 is 10.2 Å². The molecule has 0 aliphatic heterocycles. The molecule has 3 heteroatoms. The molecule has 0 bridgehead atoms. The van der Waals surface area contributed by atoms with E-state index in [9.17, 15) is 0 Å². The lowest BCUT2D eigenvalue weighted by molar-refractivity contribution is 0.0887. The van der Waals surface area contributed by atoms with Gasteiger partial charge in [0.15, 0.2) is 0 Å². The van der Waals surface area contributed by atoms with Crippen LogP contribution in [0, 0.1) is 0 Å². The summed E-state index contributed by atoms with van der Waals surface area (Å²) in [6.07, 6.45) is 0.952. The predicted octanol–water partition coefficient (Wildman–Crippen LogP) is 1.03. The summed E-state index contributed by atoms with van der Waals surface area (Å²) in [4.78, 5) is 1.26. The second-order valence-corrected chi connectivity index (χ2v) is 3.49. The molecule has 1 rings (SSSR count). The second-order valence-electron chi connectivity index (χ2n) is 2.45. The predicted molar refractivity (Wildman–Crippen MR) is 45.7 cm³/mol. The lowest BCUT2D eigenvalue weighted by Gasteiger charge is -2.03. The smallest absolute Gasteiger partial charge is 0.0774 e. The Bertz CT molecular complexity index is 184. The molecule has 1 heterocycles. The summed E-state index contributed by atoms with van der Waals surface area (Å²) in [5, 5.41) is 19.5. The van der Waals surface area contributed by atoms with Crippen molar-refractivity contribution in [1.29, 1.82) is 0 Å². The molecule has 0 radical (unpaired) electrons. The molecule has 0 spiro atoms. The second kappa shape index (κ2) is 4.49. The van der Waals surface area contributed by atoms with Crippen LogP contribution in [0.1, 0.15) is 11.3 Å². The Kier molecular flexibility index (Phi) is 3.56. The van der Waals surface area contributed by atoms with E-state index in [1.165, 1.54) is 4.88 Å².